The molecule has 5 atom stereocenters. The number of aliphatic hydroxyl groups excluding tert-OH is 1. The van der Waals surface area contributed by atoms with Gasteiger partial charge in [-0.25, -0.2) is 4.98 Å². The first-order valence-corrected chi connectivity index (χ1v) is 24.8. The number of ether oxygens (including phenoxy) is 1. The summed E-state index contributed by atoms with van der Waals surface area (Å²) in [4.78, 5) is 69.8. The minimum atomic E-state index is -1.08. The number of hydrogen-bond acceptors (Lipinski definition) is 8. The number of aliphatic hydroxyl groups is 1. The maximum absolute atomic E-state index is 15.3. The molecule has 3 saturated heterocycles. The fourth-order valence-electron chi connectivity index (χ4n) is 10.9. The Bertz CT molecular complexity index is 2650. The average molecular weight is 960 g/mol. The fourth-order valence-corrected chi connectivity index (χ4v) is 11.2. The number of ketones is 1. The lowest BCUT2D eigenvalue weighted by molar-refractivity contribution is -0.148. The van der Waals surface area contributed by atoms with Crippen LogP contribution in [0.15, 0.2) is 97.2 Å². The second-order valence-corrected chi connectivity index (χ2v) is 20.2. The van der Waals surface area contributed by atoms with Crippen LogP contribution in [0.3, 0.4) is 0 Å². The molecule has 0 saturated carbocycles. The highest BCUT2D eigenvalue weighted by Gasteiger charge is 2.45. The topological polar surface area (TPSA) is 137 Å². The van der Waals surface area contributed by atoms with E-state index in [0.717, 1.165) is 59.8 Å². The molecule has 2 bridgehead atoms. The first-order valence-electron chi connectivity index (χ1n) is 24.0. The summed E-state index contributed by atoms with van der Waals surface area (Å²) in [7, 11) is 2.04. The zero-order valence-corrected chi connectivity index (χ0v) is 40.4. The molecule has 2 N–H and O–H groups in total. The van der Waals surface area contributed by atoms with E-state index in [1.54, 1.807) is 37.3 Å². The van der Waals surface area contributed by atoms with Crippen LogP contribution in [0.4, 0.5) is 0 Å². The standard InChI is InChI=1S/C54H60Cl2N6O6/c1-35-48(64)26-40(33-63)52(66)58-54(29-36-10-16-41(55)17-11-36)22-7-25-61(34-54)53(67)46(45-21-15-37-8-3-4-9-44(37)45)28-51(65)62(35)31-39-12-18-42(56)27-49(39)68-43-19-13-38(14-20-43)47-30-57-50(59(47)2)32-60-23-5-6-24-60/h3-4,8-14,16-20,27,30,35,40,45-46,63H,5-7,15,21-26,28-29,31-34H2,1-2H3,(H,58,66)/t35-,40-,45+,46-,54+/m0/s1. The van der Waals surface area contributed by atoms with E-state index in [4.69, 9.17) is 32.9 Å². The normalized spacial score (nSPS) is 24.0. The third-order valence-electron chi connectivity index (χ3n) is 14.8. The molecule has 9 rings (SSSR count). The number of likely N-dealkylation sites (tertiary alicyclic amines) is 1. The molecule has 5 aromatic rings. The van der Waals surface area contributed by atoms with Gasteiger partial charge in [0.2, 0.25) is 17.7 Å². The van der Waals surface area contributed by atoms with Crippen molar-refractivity contribution in [1.82, 2.24) is 29.6 Å². The lowest BCUT2D eigenvalue weighted by Gasteiger charge is -2.46. The van der Waals surface area contributed by atoms with Gasteiger partial charge in [0.1, 0.15) is 17.3 Å². The van der Waals surface area contributed by atoms with Crippen LogP contribution in [-0.4, -0.2) is 97.2 Å². The molecular weight excluding hydrogens is 900 g/mol. The number of halogens is 2. The van der Waals surface area contributed by atoms with Gasteiger partial charge < -0.3 is 29.5 Å². The number of hydrogen-bond donors (Lipinski definition) is 2. The molecule has 3 amide bonds. The summed E-state index contributed by atoms with van der Waals surface area (Å²) in [6, 6.07) is 27.5. The van der Waals surface area contributed by atoms with Crippen LogP contribution < -0.4 is 10.1 Å². The SMILES string of the molecule is C[C@H]1C(=O)C[C@@H](CO)C(=O)N[C@@]2(Cc3ccc(Cl)cc3)CCCN(C2)C(=O)[C@H]([C@@H]2CCc3ccccc32)CC(=O)N1Cc1ccc(Cl)cc1Oc1ccc(-c2cnc(CN3CCCC3)n2C)cc1. The summed E-state index contributed by atoms with van der Waals surface area (Å²) in [5.41, 5.74) is 4.83. The molecule has 4 aliphatic rings. The van der Waals surface area contributed by atoms with Crippen molar-refractivity contribution in [2.75, 3.05) is 32.8 Å². The number of fused-ring (bicyclic) bond motifs is 3. The van der Waals surface area contributed by atoms with Gasteiger partial charge in [-0.15, -0.1) is 0 Å². The highest BCUT2D eigenvalue weighted by Crippen LogP contribution is 2.42. The third-order valence-corrected chi connectivity index (χ3v) is 15.3. The number of carbonyl (C=O) groups excluding carboxylic acids is 4. The van der Waals surface area contributed by atoms with Crippen LogP contribution in [0, 0.1) is 11.8 Å². The summed E-state index contributed by atoms with van der Waals surface area (Å²) >= 11 is 12.9. The Morgan fingerprint density at radius 3 is 2.37 bits per heavy atom. The van der Waals surface area contributed by atoms with Crippen molar-refractivity contribution in [1.29, 1.82) is 0 Å². The molecule has 1 aromatic heterocycles. The van der Waals surface area contributed by atoms with Gasteiger partial charge in [0.05, 0.1) is 55.0 Å². The molecular formula is C54H60Cl2N6O6. The lowest BCUT2D eigenvalue weighted by Crippen LogP contribution is -2.63. The van der Waals surface area contributed by atoms with Gasteiger partial charge in [0, 0.05) is 54.2 Å². The van der Waals surface area contributed by atoms with E-state index < -0.39 is 35.9 Å². The number of nitrogens with zero attached hydrogens (tertiary/aromatic N) is 5. The van der Waals surface area contributed by atoms with Crippen molar-refractivity contribution in [3.05, 3.63) is 135 Å². The maximum atomic E-state index is 15.3. The molecule has 0 unspecified atom stereocenters. The van der Waals surface area contributed by atoms with Gasteiger partial charge in [-0.2, -0.15) is 0 Å². The Labute approximate surface area is 408 Å². The maximum Gasteiger partial charge on any atom is 0.226 e. The predicted molar refractivity (Wildman–Crippen MR) is 262 cm³/mol. The smallest absolute Gasteiger partial charge is 0.226 e. The number of aromatic nitrogens is 2. The number of nitrogens with one attached hydrogen (secondary N) is 1. The summed E-state index contributed by atoms with van der Waals surface area (Å²) in [6.45, 7) is 4.70. The number of benzene rings is 4. The Morgan fingerprint density at radius 1 is 0.853 bits per heavy atom. The molecule has 356 valence electrons. The molecule has 4 aromatic carbocycles. The molecule has 68 heavy (non-hydrogen) atoms. The van der Waals surface area contributed by atoms with Gasteiger partial charge in [-0.3, -0.25) is 24.1 Å². The highest BCUT2D eigenvalue weighted by atomic mass is 35.5. The van der Waals surface area contributed by atoms with E-state index in [-0.39, 0.29) is 49.4 Å². The predicted octanol–water partition coefficient (Wildman–Crippen LogP) is 8.54. The highest BCUT2D eigenvalue weighted by molar-refractivity contribution is 6.31. The summed E-state index contributed by atoms with van der Waals surface area (Å²) in [5.74, 6) is -1.47. The fraction of sp³-hybridized carbons (Fsp3) is 0.426. The van der Waals surface area contributed by atoms with E-state index in [2.05, 4.69) is 26.9 Å². The molecule has 3 fully saturated rings. The number of imidazole rings is 1. The van der Waals surface area contributed by atoms with E-state index in [1.165, 1.54) is 17.7 Å². The van der Waals surface area contributed by atoms with Crippen molar-refractivity contribution < 1.29 is 29.0 Å². The molecule has 14 heteroatoms. The summed E-state index contributed by atoms with van der Waals surface area (Å²) in [6.07, 6.45) is 6.99. The zero-order chi connectivity index (χ0) is 47.5. The monoisotopic (exact) mass is 958 g/mol. The molecule has 1 aliphatic carbocycles. The van der Waals surface area contributed by atoms with E-state index in [1.807, 2.05) is 66.7 Å². The largest absolute Gasteiger partial charge is 0.457 e. The van der Waals surface area contributed by atoms with E-state index in [0.29, 0.717) is 59.3 Å². The van der Waals surface area contributed by atoms with Crippen LogP contribution in [-0.2, 0) is 52.2 Å². The van der Waals surface area contributed by atoms with Crippen molar-refractivity contribution >= 4 is 46.7 Å². The van der Waals surface area contributed by atoms with Gasteiger partial charge in [-0.1, -0.05) is 65.7 Å². The summed E-state index contributed by atoms with van der Waals surface area (Å²) in [5, 5.41) is 15.0. The first kappa shape index (κ1) is 47.5. The minimum absolute atomic E-state index is 0.0444. The zero-order valence-electron chi connectivity index (χ0n) is 38.8. The first-order chi connectivity index (χ1) is 32.9. The third kappa shape index (κ3) is 10.4. The number of Topliss-reactive ketones (excluding diaryl/α,β-unsaturated/α-hetero) is 1. The molecule has 0 radical (unpaired) electrons. The van der Waals surface area contributed by atoms with E-state index in [9.17, 15) is 14.7 Å². The molecule has 12 nitrogen and oxygen atoms in total. The lowest BCUT2D eigenvalue weighted by atomic mass is 9.79. The second kappa shape index (κ2) is 20.6. The van der Waals surface area contributed by atoms with Crippen LogP contribution in [0.1, 0.15) is 85.9 Å². The van der Waals surface area contributed by atoms with Crippen molar-refractivity contribution in [3.63, 3.8) is 0 Å². The van der Waals surface area contributed by atoms with Crippen molar-refractivity contribution in [2.45, 2.75) is 95.3 Å². The van der Waals surface area contributed by atoms with Crippen molar-refractivity contribution in [2.24, 2.45) is 18.9 Å². The Hall–Kier alpha value is -5.53. The number of aryl methyl sites for hydroxylation is 1. The quantitative estimate of drug-likeness (QED) is 0.135. The van der Waals surface area contributed by atoms with Gasteiger partial charge >= 0.3 is 0 Å². The Morgan fingerprint density at radius 2 is 1.60 bits per heavy atom. The molecule has 4 heterocycles. The molecule has 3 aliphatic heterocycles. The Kier molecular flexibility index (Phi) is 14.4. The number of piperidine rings is 1. The van der Waals surface area contributed by atoms with E-state index >= 15 is 9.59 Å². The number of carbonyl (C=O) groups is 4. The Balaban J connectivity index is 1.03. The second-order valence-electron chi connectivity index (χ2n) is 19.3. The van der Waals surface area contributed by atoms with Crippen LogP contribution in [0.2, 0.25) is 10.0 Å². The number of amides is 3. The minimum Gasteiger partial charge on any atom is -0.457 e. The average Bonchev–Trinajstić information content (AvgIpc) is 4.11. The van der Waals surface area contributed by atoms with Crippen LogP contribution in [0.25, 0.3) is 11.3 Å². The van der Waals surface area contributed by atoms with Crippen LogP contribution >= 0.6 is 23.2 Å². The summed E-state index contributed by atoms with van der Waals surface area (Å²) < 4.78 is 8.66. The van der Waals surface area contributed by atoms with Gasteiger partial charge in [0.25, 0.3) is 0 Å². The molecule has 0 spiro atoms. The van der Waals surface area contributed by atoms with Crippen molar-refractivity contribution in [3.8, 4) is 22.8 Å². The number of rotatable bonds is 11. The van der Waals surface area contributed by atoms with Gasteiger partial charge in [-0.05, 0) is 136 Å². The van der Waals surface area contributed by atoms with Gasteiger partial charge in [0.15, 0.2) is 5.78 Å². The van der Waals surface area contributed by atoms with Crippen LogP contribution in [0.5, 0.6) is 11.5 Å².